The number of allylic oxidation sites excluding steroid dienone is 8. The zero-order valence-electron chi connectivity index (χ0n) is 42.0. The molecule has 368 valence electrons. The number of esters is 1. The van der Waals surface area contributed by atoms with Crippen LogP contribution in [0.15, 0.2) is 48.6 Å². The fraction of sp³-hybridized carbons (Fsp3) is 0.825. The molecule has 0 aromatic rings. The van der Waals surface area contributed by atoms with E-state index in [-0.39, 0.29) is 24.9 Å². The van der Waals surface area contributed by atoms with E-state index in [0.717, 1.165) is 70.6 Å². The molecule has 3 unspecified atom stereocenters. The standard InChI is InChI=1S/C57H105NO5/c1-4-7-10-13-16-19-22-25-26-27-28-29-30-32-35-38-41-44-47-50-57(62)63-53(48-45-42-39-36-33-31-23-20-17-14-11-8-5-2)51-56(61)58-54(52-59)55(60)49-46-43-40-37-34-24-21-18-15-12-9-6-3/h8,11,14,17,20,23,31,33,53-55,59-60H,4-7,9-10,12-13,15-16,18-19,21-22,24-30,32,34-52H2,1-3H3,(H,58,61)/b11-8+,17-14+,23-20+,33-31-. The summed E-state index contributed by atoms with van der Waals surface area (Å²) < 4.78 is 5.93. The van der Waals surface area contributed by atoms with Gasteiger partial charge in [-0.15, -0.1) is 0 Å². The largest absolute Gasteiger partial charge is 0.462 e. The molecule has 0 fully saturated rings. The molecular formula is C57H105NO5. The molecule has 0 spiro atoms. The SMILES string of the molecule is CC/C=C/C=C/C=C/C=C\CCCCCC(CC(=O)NC(CO)C(O)CCCCCCCCCCCCCC)OC(=O)CCCCCCCCCCCCCCCCCCCCC. The molecule has 0 aromatic carbocycles. The van der Waals surface area contributed by atoms with Crippen LogP contribution >= 0.6 is 0 Å². The fourth-order valence-corrected chi connectivity index (χ4v) is 8.38. The van der Waals surface area contributed by atoms with Crippen molar-refractivity contribution in [1.29, 1.82) is 0 Å². The first kappa shape index (κ1) is 60.8. The van der Waals surface area contributed by atoms with Crippen LogP contribution in [0.5, 0.6) is 0 Å². The molecule has 6 heteroatoms. The second kappa shape index (κ2) is 50.8. The molecule has 0 heterocycles. The second-order valence-corrected chi connectivity index (χ2v) is 18.7. The molecule has 0 aliphatic carbocycles. The predicted octanol–water partition coefficient (Wildman–Crippen LogP) is 16.6. The van der Waals surface area contributed by atoms with Crippen molar-refractivity contribution in [3.63, 3.8) is 0 Å². The first-order valence-electron chi connectivity index (χ1n) is 27.4. The number of unbranched alkanes of at least 4 members (excludes halogenated alkanes) is 32. The minimum atomic E-state index is -0.797. The summed E-state index contributed by atoms with van der Waals surface area (Å²) >= 11 is 0. The summed E-state index contributed by atoms with van der Waals surface area (Å²) in [5.41, 5.74) is 0. The highest BCUT2D eigenvalue weighted by atomic mass is 16.5. The molecule has 0 saturated carbocycles. The minimum Gasteiger partial charge on any atom is -0.462 e. The van der Waals surface area contributed by atoms with Gasteiger partial charge in [-0.3, -0.25) is 9.59 Å². The lowest BCUT2D eigenvalue weighted by molar-refractivity contribution is -0.151. The van der Waals surface area contributed by atoms with Crippen molar-refractivity contribution in [1.82, 2.24) is 5.32 Å². The fourth-order valence-electron chi connectivity index (χ4n) is 8.38. The summed E-state index contributed by atoms with van der Waals surface area (Å²) in [6.45, 7) is 6.35. The van der Waals surface area contributed by atoms with Gasteiger partial charge in [0, 0.05) is 6.42 Å². The number of amides is 1. The van der Waals surface area contributed by atoms with Crippen molar-refractivity contribution in [3.05, 3.63) is 48.6 Å². The van der Waals surface area contributed by atoms with E-state index in [2.05, 4.69) is 50.4 Å². The summed E-state index contributed by atoms with van der Waals surface area (Å²) in [7, 11) is 0. The summed E-state index contributed by atoms with van der Waals surface area (Å²) in [5, 5.41) is 23.8. The highest BCUT2D eigenvalue weighted by molar-refractivity contribution is 5.77. The van der Waals surface area contributed by atoms with E-state index in [9.17, 15) is 19.8 Å². The smallest absolute Gasteiger partial charge is 0.306 e. The Morgan fingerprint density at radius 1 is 0.476 bits per heavy atom. The Hall–Kier alpha value is -2.18. The lowest BCUT2D eigenvalue weighted by Crippen LogP contribution is -2.46. The number of carbonyl (C=O) groups is 2. The lowest BCUT2D eigenvalue weighted by Gasteiger charge is -2.24. The Labute approximate surface area is 391 Å². The van der Waals surface area contributed by atoms with Gasteiger partial charge in [-0.1, -0.05) is 268 Å². The number of ether oxygens (including phenoxy) is 1. The van der Waals surface area contributed by atoms with E-state index in [4.69, 9.17) is 4.74 Å². The average molecular weight is 884 g/mol. The third-order valence-electron chi connectivity index (χ3n) is 12.5. The first-order valence-corrected chi connectivity index (χ1v) is 27.4. The first-order chi connectivity index (χ1) is 31.0. The second-order valence-electron chi connectivity index (χ2n) is 18.7. The average Bonchev–Trinajstić information content (AvgIpc) is 3.28. The highest BCUT2D eigenvalue weighted by Crippen LogP contribution is 2.18. The molecule has 0 rings (SSSR count). The van der Waals surface area contributed by atoms with Crippen molar-refractivity contribution in [2.24, 2.45) is 0 Å². The zero-order valence-corrected chi connectivity index (χ0v) is 42.0. The van der Waals surface area contributed by atoms with E-state index in [0.29, 0.717) is 19.3 Å². The van der Waals surface area contributed by atoms with Crippen molar-refractivity contribution < 1.29 is 24.5 Å². The van der Waals surface area contributed by atoms with Crippen molar-refractivity contribution in [2.45, 2.75) is 296 Å². The van der Waals surface area contributed by atoms with Gasteiger partial charge in [-0.05, 0) is 44.9 Å². The molecule has 0 aromatic heterocycles. The number of aliphatic hydroxyl groups is 2. The molecule has 0 saturated heterocycles. The van der Waals surface area contributed by atoms with Crippen LogP contribution in [0.25, 0.3) is 0 Å². The molecule has 3 N–H and O–H groups in total. The van der Waals surface area contributed by atoms with Crippen LogP contribution in [0.2, 0.25) is 0 Å². The molecular weight excluding hydrogens is 779 g/mol. The Balaban J connectivity index is 4.53. The van der Waals surface area contributed by atoms with Crippen LogP contribution in [0.4, 0.5) is 0 Å². The number of hydrogen-bond donors (Lipinski definition) is 3. The minimum absolute atomic E-state index is 0.0540. The topological polar surface area (TPSA) is 95.9 Å². The Kier molecular flexibility index (Phi) is 49.1. The maximum atomic E-state index is 13.2. The van der Waals surface area contributed by atoms with E-state index in [1.807, 2.05) is 24.3 Å². The third kappa shape index (κ3) is 46.2. The van der Waals surface area contributed by atoms with Crippen molar-refractivity contribution in [2.75, 3.05) is 6.61 Å². The van der Waals surface area contributed by atoms with Gasteiger partial charge in [0.05, 0.1) is 25.2 Å². The van der Waals surface area contributed by atoms with Gasteiger partial charge in [-0.2, -0.15) is 0 Å². The van der Waals surface area contributed by atoms with Gasteiger partial charge in [0.25, 0.3) is 0 Å². The molecule has 63 heavy (non-hydrogen) atoms. The van der Waals surface area contributed by atoms with Gasteiger partial charge in [0.2, 0.25) is 5.91 Å². The quantitative estimate of drug-likeness (QED) is 0.0321. The summed E-state index contributed by atoms with van der Waals surface area (Å²) in [6, 6.07) is -0.713. The van der Waals surface area contributed by atoms with E-state index in [1.54, 1.807) is 0 Å². The van der Waals surface area contributed by atoms with Gasteiger partial charge < -0.3 is 20.3 Å². The van der Waals surface area contributed by atoms with Crippen molar-refractivity contribution in [3.8, 4) is 0 Å². The number of hydrogen-bond acceptors (Lipinski definition) is 5. The van der Waals surface area contributed by atoms with Gasteiger partial charge in [0.1, 0.15) is 6.10 Å². The number of aliphatic hydroxyl groups excluding tert-OH is 2. The van der Waals surface area contributed by atoms with Crippen LogP contribution in [0, 0.1) is 0 Å². The van der Waals surface area contributed by atoms with Crippen LogP contribution in [0.1, 0.15) is 278 Å². The van der Waals surface area contributed by atoms with Gasteiger partial charge in [0.15, 0.2) is 0 Å². The Morgan fingerprint density at radius 2 is 0.857 bits per heavy atom. The van der Waals surface area contributed by atoms with E-state index >= 15 is 0 Å². The molecule has 3 atom stereocenters. The van der Waals surface area contributed by atoms with Crippen LogP contribution in [-0.4, -0.2) is 46.9 Å². The Morgan fingerprint density at radius 3 is 1.30 bits per heavy atom. The van der Waals surface area contributed by atoms with Crippen LogP contribution in [-0.2, 0) is 14.3 Å². The maximum absolute atomic E-state index is 13.2. The molecule has 0 aliphatic heterocycles. The molecule has 1 amide bonds. The number of nitrogens with one attached hydrogen (secondary N) is 1. The monoisotopic (exact) mass is 884 g/mol. The predicted molar refractivity (Wildman–Crippen MR) is 273 cm³/mol. The third-order valence-corrected chi connectivity index (χ3v) is 12.5. The van der Waals surface area contributed by atoms with Crippen molar-refractivity contribution >= 4 is 11.9 Å². The normalized spacial score (nSPS) is 13.5. The lowest BCUT2D eigenvalue weighted by atomic mass is 10.0. The summed E-state index contributed by atoms with van der Waals surface area (Å²) in [5.74, 6) is -0.502. The summed E-state index contributed by atoms with van der Waals surface area (Å²) in [6.07, 6.45) is 61.8. The summed E-state index contributed by atoms with van der Waals surface area (Å²) in [4.78, 5) is 26.2. The highest BCUT2D eigenvalue weighted by Gasteiger charge is 2.24. The number of rotatable bonds is 49. The molecule has 0 bridgehead atoms. The molecule has 6 nitrogen and oxygen atoms in total. The van der Waals surface area contributed by atoms with Crippen LogP contribution in [0.3, 0.4) is 0 Å². The number of carbonyl (C=O) groups excluding carboxylic acids is 2. The maximum Gasteiger partial charge on any atom is 0.306 e. The zero-order chi connectivity index (χ0) is 45.9. The molecule has 0 aliphatic rings. The van der Waals surface area contributed by atoms with Gasteiger partial charge >= 0.3 is 5.97 Å². The van der Waals surface area contributed by atoms with E-state index < -0.39 is 18.2 Å². The van der Waals surface area contributed by atoms with Gasteiger partial charge in [-0.25, -0.2) is 0 Å². The van der Waals surface area contributed by atoms with Crippen LogP contribution < -0.4 is 5.32 Å². The molecule has 0 radical (unpaired) electrons. The van der Waals surface area contributed by atoms with E-state index in [1.165, 1.54) is 161 Å². The Bertz CT molecular complexity index is 1080.